The van der Waals surface area contributed by atoms with Gasteiger partial charge < -0.3 is 10.8 Å². The van der Waals surface area contributed by atoms with Crippen molar-refractivity contribution in [1.82, 2.24) is 0 Å². The Hall–Kier alpha value is -0.490. The van der Waals surface area contributed by atoms with Crippen molar-refractivity contribution in [2.45, 2.75) is 12.6 Å². The molecule has 0 rings (SSSR count). The quantitative estimate of drug-likeness (QED) is 0.726. The normalized spacial score (nSPS) is 13.3. The molecule has 0 aromatic carbocycles. The molecule has 0 aromatic rings. The number of hydrogen-bond acceptors (Lipinski definition) is 2. The van der Waals surface area contributed by atoms with Gasteiger partial charge in [0.1, 0.15) is 0 Å². The van der Waals surface area contributed by atoms with Gasteiger partial charge in [-0.05, 0) is 13.0 Å². The number of carboxylic acids is 1. The Morgan fingerprint density at radius 3 is 2.00 bits per heavy atom. The predicted molar refractivity (Wildman–Crippen MR) is 38.1 cm³/mol. The van der Waals surface area contributed by atoms with Crippen LogP contribution in [0, 0.1) is 5.92 Å². The van der Waals surface area contributed by atoms with Crippen molar-refractivity contribution in [2.75, 3.05) is 6.54 Å². The van der Waals surface area contributed by atoms with Crippen LogP contribution in [0.3, 0.4) is 0 Å². The van der Waals surface area contributed by atoms with Gasteiger partial charge in [0.2, 0.25) is 0 Å². The third kappa shape index (κ3) is 4.40. The second kappa shape index (κ2) is 5.21. The predicted octanol–water partition coefficient (Wildman–Crippen LogP) is 1.02. The Morgan fingerprint density at radius 2 is 1.92 bits per heavy atom. The molecule has 74 valence electrons. The third-order valence-corrected chi connectivity index (χ3v) is 1.15. The van der Waals surface area contributed by atoms with Crippen molar-refractivity contribution in [1.29, 1.82) is 0 Å². The lowest BCUT2D eigenvalue weighted by atomic mass is 10.1. The minimum atomic E-state index is -4.69. The zero-order valence-electron chi connectivity index (χ0n) is 5.97. The van der Waals surface area contributed by atoms with E-state index in [9.17, 15) is 18.0 Å². The van der Waals surface area contributed by atoms with Crippen LogP contribution in [0.4, 0.5) is 13.2 Å². The minimum Gasteiger partial charge on any atom is -0.481 e. The van der Waals surface area contributed by atoms with Gasteiger partial charge in [-0.2, -0.15) is 13.2 Å². The van der Waals surface area contributed by atoms with Crippen LogP contribution in [-0.2, 0) is 4.79 Å². The van der Waals surface area contributed by atoms with E-state index in [0.717, 1.165) is 0 Å². The van der Waals surface area contributed by atoms with Gasteiger partial charge in [0.05, 0.1) is 0 Å². The molecule has 3 N–H and O–H groups in total. The van der Waals surface area contributed by atoms with Gasteiger partial charge in [0.15, 0.2) is 5.92 Å². The number of carboxylic acid groups (broad SMARTS) is 1. The summed E-state index contributed by atoms with van der Waals surface area (Å²) in [6.07, 6.45) is -5.26. The number of carbonyl (C=O) groups is 1. The highest BCUT2D eigenvalue weighted by Crippen LogP contribution is 2.28. The highest BCUT2D eigenvalue weighted by molar-refractivity contribution is 5.85. The lowest BCUT2D eigenvalue weighted by molar-refractivity contribution is -0.194. The van der Waals surface area contributed by atoms with Crippen LogP contribution in [0.25, 0.3) is 0 Å². The maximum absolute atomic E-state index is 11.7. The molecule has 0 fully saturated rings. The van der Waals surface area contributed by atoms with Gasteiger partial charge in [-0.1, -0.05) is 0 Å². The molecule has 12 heavy (non-hydrogen) atoms. The van der Waals surface area contributed by atoms with E-state index >= 15 is 0 Å². The first kappa shape index (κ1) is 14.1. The van der Waals surface area contributed by atoms with Gasteiger partial charge in [-0.25, -0.2) is 0 Å². The summed E-state index contributed by atoms with van der Waals surface area (Å²) in [7, 11) is 0. The average molecular weight is 208 g/mol. The standard InChI is InChI=1S/C5H8F3NO2.ClH/c6-5(7,8)3(1-2-9)4(10)11;/h3H,1-2,9H2,(H,10,11);1H. The summed E-state index contributed by atoms with van der Waals surface area (Å²) >= 11 is 0. The summed E-state index contributed by atoms with van der Waals surface area (Å²) in [4.78, 5) is 9.96. The monoisotopic (exact) mass is 207 g/mol. The fourth-order valence-corrected chi connectivity index (χ4v) is 0.594. The molecule has 0 aliphatic heterocycles. The van der Waals surface area contributed by atoms with Crippen molar-refractivity contribution in [2.24, 2.45) is 11.7 Å². The lowest BCUT2D eigenvalue weighted by Crippen LogP contribution is -2.32. The molecule has 1 unspecified atom stereocenters. The van der Waals surface area contributed by atoms with E-state index in [1.54, 1.807) is 0 Å². The summed E-state index contributed by atoms with van der Waals surface area (Å²) in [5, 5.41) is 8.06. The van der Waals surface area contributed by atoms with Crippen LogP contribution in [0.15, 0.2) is 0 Å². The third-order valence-electron chi connectivity index (χ3n) is 1.15. The Labute approximate surface area is 73.1 Å². The molecule has 0 saturated heterocycles. The zero-order valence-corrected chi connectivity index (χ0v) is 6.78. The number of hydrogen-bond donors (Lipinski definition) is 2. The Morgan fingerprint density at radius 1 is 1.50 bits per heavy atom. The molecule has 0 aromatic heterocycles. The highest BCUT2D eigenvalue weighted by Gasteiger charge is 2.44. The van der Waals surface area contributed by atoms with Crippen LogP contribution in [0.1, 0.15) is 6.42 Å². The second-order valence-corrected chi connectivity index (χ2v) is 2.01. The van der Waals surface area contributed by atoms with Crippen molar-refractivity contribution in [3.8, 4) is 0 Å². The van der Waals surface area contributed by atoms with Crippen LogP contribution >= 0.6 is 12.4 Å². The van der Waals surface area contributed by atoms with Crippen molar-refractivity contribution in [3.05, 3.63) is 0 Å². The number of alkyl halides is 3. The van der Waals surface area contributed by atoms with Crippen molar-refractivity contribution in [3.63, 3.8) is 0 Å². The van der Waals surface area contributed by atoms with E-state index < -0.39 is 24.5 Å². The number of nitrogens with two attached hydrogens (primary N) is 1. The SMILES string of the molecule is Cl.NCCC(C(=O)O)C(F)(F)F. The maximum atomic E-state index is 11.7. The minimum absolute atomic E-state index is 0. The molecule has 1 atom stereocenters. The maximum Gasteiger partial charge on any atom is 0.402 e. The van der Waals surface area contributed by atoms with Gasteiger partial charge in [-0.15, -0.1) is 12.4 Å². The molecule has 0 spiro atoms. The molecular weight excluding hydrogens is 199 g/mol. The fraction of sp³-hybridized carbons (Fsp3) is 0.800. The number of rotatable bonds is 3. The second-order valence-electron chi connectivity index (χ2n) is 2.01. The van der Waals surface area contributed by atoms with Crippen LogP contribution in [0.5, 0.6) is 0 Å². The van der Waals surface area contributed by atoms with Gasteiger partial charge in [-0.3, -0.25) is 4.79 Å². The molecule has 0 aliphatic rings. The highest BCUT2D eigenvalue weighted by atomic mass is 35.5. The molecule has 0 amide bonds. The van der Waals surface area contributed by atoms with E-state index in [0.29, 0.717) is 0 Å². The van der Waals surface area contributed by atoms with E-state index in [1.807, 2.05) is 0 Å². The number of halogens is 4. The van der Waals surface area contributed by atoms with Gasteiger partial charge in [0, 0.05) is 0 Å². The summed E-state index contributed by atoms with van der Waals surface area (Å²) in [5.74, 6) is -4.20. The number of aliphatic carboxylic acids is 1. The Kier molecular flexibility index (Phi) is 6.10. The Balaban J connectivity index is 0. The lowest BCUT2D eigenvalue weighted by Gasteiger charge is -2.14. The van der Waals surface area contributed by atoms with Crippen molar-refractivity contribution >= 4 is 18.4 Å². The average Bonchev–Trinajstić information content (AvgIpc) is 1.79. The van der Waals surface area contributed by atoms with Gasteiger partial charge in [0.25, 0.3) is 0 Å². The van der Waals surface area contributed by atoms with Crippen LogP contribution < -0.4 is 5.73 Å². The van der Waals surface area contributed by atoms with E-state index in [1.165, 1.54) is 0 Å². The molecule has 0 bridgehead atoms. The molecule has 0 aliphatic carbocycles. The van der Waals surface area contributed by atoms with Crippen LogP contribution in [0.2, 0.25) is 0 Å². The summed E-state index contributed by atoms with van der Waals surface area (Å²) in [6.45, 7) is -0.281. The molecule has 0 radical (unpaired) electrons. The fourth-order valence-electron chi connectivity index (χ4n) is 0.594. The summed E-state index contributed by atoms with van der Waals surface area (Å²) in [6, 6.07) is 0. The first-order valence-electron chi connectivity index (χ1n) is 2.89. The zero-order chi connectivity index (χ0) is 9.07. The van der Waals surface area contributed by atoms with Crippen LogP contribution in [-0.4, -0.2) is 23.8 Å². The molecule has 0 saturated carbocycles. The molecule has 3 nitrogen and oxygen atoms in total. The molecular formula is C5H9ClF3NO2. The summed E-state index contributed by atoms with van der Waals surface area (Å²) < 4.78 is 35.2. The van der Waals surface area contributed by atoms with E-state index in [4.69, 9.17) is 10.8 Å². The first-order chi connectivity index (χ1) is 4.89. The largest absolute Gasteiger partial charge is 0.481 e. The topological polar surface area (TPSA) is 63.3 Å². The molecule has 0 heterocycles. The summed E-state index contributed by atoms with van der Waals surface area (Å²) in [5.41, 5.74) is 4.80. The van der Waals surface area contributed by atoms with Gasteiger partial charge >= 0.3 is 12.1 Å². The molecule has 7 heteroatoms. The van der Waals surface area contributed by atoms with E-state index in [2.05, 4.69) is 0 Å². The van der Waals surface area contributed by atoms with E-state index in [-0.39, 0.29) is 19.0 Å². The first-order valence-corrected chi connectivity index (χ1v) is 2.89. The van der Waals surface area contributed by atoms with Crippen molar-refractivity contribution < 1.29 is 23.1 Å². The Bertz CT molecular complexity index is 150. The smallest absolute Gasteiger partial charge is 0.402 e.